The molecule has 5 rings (SSSR count). The van der Waals surface area contributed by atoms with Gasteiger partial charge < -0.3 is 14.6 Å². The van der Waals surface area contributed by atoms with Crippen LogP contribution in [-0.4, -0.2) is 36.3 Å². The number of carboxylic acid groups (broad SMARTS) is 1. The van der Waals surface area contributed by atoms with Gasteiger partial charge in [-0.15, -0.1) is 13.2 Å². The van der Waals surface area contributed by atoms with Crippen LogP contribution < -0.4 is 4.74 Å². The number of aromatic carboxylic acids is 1. The number of amides is 1. The number of carbonyl (C=O) groups excluding carboxylic acids is 1. The lowest BCUT2D eigenvalue weighted by molar-refractivity contribution is -0.274. The minimum absolute atomic E-state index is 0.0687. The molecule has 8 nitrogen and oxygen atoms in total. The van der Waals surface area contributed by atoms with E-state index < -0.39 is 40.7 Å². The number of sulfonamides is 1. The maximum absolute atomic E-state index is 13.9. The standard InChI is InChI=1S/C33H24F3NO7S/c34-33(35,36)44-27-16-12-23(13-17-27)24-14-18-28(19-15-24)45(41,42)37(32(40)43-21-22-6-2-1-3-7-22)20-26-11-10-25-8-4-5-9-29(25)30(26)31(38)39/h1-19H,20-21H2,(H,38,39). The molecule has 230 valence electrons. The average molecular weight is 636 g/mol. The van der Waals surface area contributed by atoms with Crippen molar-refractivity contribution in [1.29, 1.82) is 0 Å². The minimum Gasteiger partial charge on any atom is -0.478 e. The summed E-state index contributed by atoms with van der Waals surface area (Å²) in [6.45, 7) is -0.868. The van der Waals surface area contributed by atoms with Gasteiger partial charge in [0.1, 0.15) is 12.4 Å². The summed E-state index contributed by atoms with van der Waals surface area (Å²) in [6.07, 6.45) is -6.06. The van der Waals surface area contributed by atoms with E-state index in [2.05, 4.69) is 4.74 Å². The molecule has 0 heterocycles. The van der Waals surface area contributed by atoms with Crippen molar-refractivity contribution in [2.24, 2.45) is 0 Å². The number of halogens is 3. The van der Waals surface area contributed by atoms with E-state index in [0.29, 0.717) is 31.8 Å². The molecule has 0 aliphatic carbocycles. The summed E-state index contributed by atoms with van der Waals surface area (Å²) in [5.74, 6) is -1.71. The molecule has 0 aliphatic heterocycles. The molecule has 0 spiro atoms. The van der Waals surface area contributed by atoms with Crippen LogP contribution in [0, 0.1) is 0 Å². The Balaban J connectivity index is 1.48. The number of carboxylic acids is 1. The molecule has 5 aromatic carbocycles. The van der Waals surface area contributed by atoms with Crippen LogP contribution in [0.25, 0.3) is 21.9 Å². The fourth-order valence-electron chi connectivity index (χ4n) is 4.69. The summed E-state index contributed by atoms with van der Waals surface area (Å²) in [7, 11) is -4.60. The Bertz CT molecular complexity index is 1950. The summed E-state index contributed by atoms with van der Waals surface area (Å²) in [6, 6.07) is 28.7. The lowest BCUT2D eigenvalue weighted by atomic mass is 9.99. The summed E-state index contributed by atoms with van der Waals surface area (Å²) in [4.78, 5) is 25.4. The van der Waals surface area contributed by atoms with Gasteiger partial charge in [0, 0.05) is 0 Å². The Labute approximate surface area is 255 Å². The number of alkyl halides is 3. The van der Waals surface area contributed by atoms with Crippen molar-refractivity contribution < 1.29 is 45.8 Å². The van der Waals surface area contributed by atoms with Crippen molar-refractivity contribution in [3.63, 3.8) is 0 Å². The van der Waals surface area contributed by atoms with Gasteiger partial charge >= 0.3 is 18.4 Å². The second-order valence-corrected chi connectivity index (χ2v) is 11.6. The molecular formula is C33H24F3NO7S. The highest BCUT2D eigenvalue weighted by Gasteiger charge is 2.33. The van der Waals surface area contributed by atoms with Gasteiger partial charge in [0.15, 0.2) is 0 Å². The Morgan fingerprint density at radius 3 is 1.98 bits per heavy atom. The zero-order valence-electron chi connectivity index (χ0n) is 23.3. The van der Waals surface area contributed by atoms with Crippen LogP contribution in [0.1, 0.15) is 21.5 Å². The van der Waals surface area contributed by atoms with Gasteiger partial charge in [0.2, 0.25) is 0 Å². The second kappa shape index (κ2) is 12.7. The Morgan fingerprint density at radius 1 is 0.756 bits per heavy atom. The van der Waals surface area contributed by atoms with Crippen LogP contribution in [0.2, 0.25) is 0 Å². The molecule has 0 aromatic heterocycles. The fraction of sp³-hybridized carbons (Fsp3) is 0.0909. The molecule has 1 N–H and O–H groups in total. The number of carbonyl (C=O) groups is 2. The van der Waals surface area contributed by atoms with Crippen LogP contribution in [0.4, 0.5) is 18.0 Å². The number of benzene rings is 5. The van der Waals surface area contributed by atoms with Gasteiger partial charge in [-0.25, -0.2) is 18.0 Å². The van der Waals surface area contributed by atoms with Crippen molar-refractivity contribution in [2.75, 3.05) is 0 Å². The number of nitrogens with zero attached hydrogens (tertiary/aromatic N) is 1. The first-order valence-corrected chi connectivity index (χ1v) is 14.8. The molecule has 0 saturated heterocycles. The SMILES string of the molecule is O=C(O)c1c(CN(C(=O)OCc2ccccc2)S(=O)(=O)c2ccc(-c3ccc(OC(F)(F)F)cc3)cc2)ccc2ccccc12. The third kappa shape index (κ3) is 7.24. The van der Waals surface area contributed by atoms with Crippen molar-refractivity contribution in [3.05, 3.63) is 132 Å². The van der Waals surface area contributed by atoms with E-state index in [9.17, 15) is 36.3 Å². The highest BCUT2D eigenvalue weighted by atomic mass is 32.2. The van der Waals surface area contributed by atoms with E-state index in [-0.39, 0.29) is 22.6 Å². The van der Waals surface area contributed by atoms with Gasteiger partial charge in [0.25, 0.3) is 10.0 Å². The smallest absolute Gasteiger partial charge is 0.478 e. The zero-order chi connectivity index (χ0) is 32.2. The molecule has 0 saturated carbocycles. The quantitative estimate of drug-likeness (QED) is 0.177. The maximum Gasteiger partial charge on any atom is 0.573 e. The minimum atomic E-state index is -4.84. The van der Waals surface area contributed by atoms with Crippen LogP contribution in [0.15, 0.2) is 120 Å². The van der Waals surface area contributed by atoms with Crippen LogP contribution in [0.3, 0.4) is 0 Å². The predicted molar refractivity (Wildman–Crippen MR) is 159 cm³/mol. The summed E-state index contributed by atoms with van der Waals surface area (Å²) < 4.78 is 75.1. The molecule has 45 heavy (non-hydrogen) atoms. The molecule has 12 heteroatoms. The summed E-state index contributed by atoms with van der Waals surface area (Å²) in [5, 5.41) is 11.0. The van der Waals surface area contributed by atoms with Gasteiger partial charge in [0.05, 0.1) is 17.0 Å². The maximum atomic E-state index is 13.9. The Morgan fingerprint density at radius 2 is 1.36 bits per heavy atom. The number of hydrogen-bond acceptors (Lipinski definition) is 6. The highest BCUT2D eigenvalue weighted by molar-refractivity contribution is 7.89. The van der Waals surface area contributed by atoms with Crippen LogP contribution in [-0.2, 0) is 27.9 Å². The van der Waals surface area contributed by atoms with E-state index >= 15 is 0 Å². The van der Waals surface area contributed by atoms with E-state index in [4.69, 9.17) is 4.74 Å². The first-order chi connectivity index (χ1) is 21.4. The lowest BCUT2D eigenvalue weighted by Crippen LogP contribution is -2.37. The zero-order valence-corrected chi connectivity index (χ0v) is 24.1. The number of fused-ring (bicyclic) bond motifs is 1. The molecule has 0 bridgehead atoms. The fourth-order valence-corrected chi connectivity index (χ4v) is 5.98. The Kier molecular flexibility index (Phi) is 8.77. The van der Waals surface area contributed by atoms with Crippen molar-refractivity contribution in [2.45, 2.75) is 24.4 Å². The lowest BCUT2D eigenvalue weighted by Gasteiger charge is -2.23. The number of ether oxygens (including phenoxy) is 2. The molecule has 0 radical (unpaired) electrons. The first kappa shape index (κ1) is 31.1. The third-order valence-corrected chi connectivity index (χ3v) is 8.54. The normalized spacial score (nSPS) is 11.6. The van der Waals surface area contributed by atoms with E-state index in [0.717, 1.165) is 12.1 Å². The highest BCUT2D eigenvalue weighted by Crippen LogP contribution is 2.30. The molecule has 0 atom stereocenters. The third-order valence-electron chi connectivity index (χ3n) is 6.82. The van der Waals surface area contributed by atoms with Crippen molar-refractivity contribution in [1.82, 2.24) is 4.31 Å². The molecule has 5 aromatic rings. The molecule has 0 aliphatic rings. The molecule has 0 unspecified atom stereocenters. The van der Waals surface area contributed by atoms with Gasteiger partial charge in [-0.3, -0.25) is 0 Å². The van der Waals surface area contributed by atoms with Crippen molar-refractivity contribution >= 4 is 32.9 Å². The molecule has 0 fully saturated rings. The summed E-state index contributed by atoms with van der Waals surface area (Å²) >= 11 is 0. The number of hydrogen-bond donors (Lipinski definition) is 1. The average Bonchev–Trinajstić information content (AvgIpc) is 3.02. The summed E-state index contributed by atoms with van der Waals surface area (Å²) in [5.41, 5.74) is 1.48. The second-order valence-electron chi connectivity index (χ2n) is 9.77. The predicted octanol–water partition coefficient (Wildman–Crippen LogP) is 7.63. The van der Waals surface area contributed by atoms with Gasteiger partial charge in [-0.2, -0.15) is 4.31 Å². The largest absolute Gasteiger partial charge is 0.573 e. The van der Waals surface area contributed by atoms with Crippen molar-refractivity contribution in [3.8, 4) is 16.9 Å². The van der Waals surface area contributed by atoms with Crippen LogP contribution >= 0.6 is 0 Å². The molecular weight excluding hydrogens is 611 g/mol. The van der Waals surface area contributed by atoms with Crippen LogP contribution in [0.5, 0.6) is 5.75 Å². The van der Waals surface area contributed by atoms with E-state index in [1.165, 1.54) is 42.5 Å². The topological polar surface area (TPSA) is 110 Å². The van der Waals surface area contributed by atoms with Gasteiger partial charge in [-0.05, 0) is 57.3 Å². The monoisotopic (exact) mass is 635 g/mol. The molecule has 1 amide bonds. The number of rotatable bonds is 9. The first-order valence-electron chi connectivity index (χ1n) is 13.4. The van der Waals surface area contributed by atoms with E-state index in [1.807, 2.05) is 0 Å². The van der Waals surface area contributed by atoms with E-state index in [1.54, 1.807) is 60.7 Å². The van der Waals surface area contributed by atoms with Gasteiger partial charge in [-0.1, -0.05) is 91.0 Å². The Hall–Kier alpha value is -5.36.